The van der Waals surface area contributed by atoms with E-state index in [9.17, 15) is 18.7 Å². The number of carbonyl (C=O) groups is 1. The van der Waals surface area contributed by atoms with Gasteiger partial charge < -0.3 is 14.7 Å². The molecule has 1 aliphatic heterocycles. The van der Waals surface area contributed by atoms with Crippen LogP contribution in [0.3, 0.4) is 0 Å². The molecule has 4 aromatic carbocycles. The first-order valence-electron chi connectivity index (χ1n) is 12.3. The van der Waals surface area contributed by atoms with E-state index in [-0.39, 0.29) is 24.0 Å². The van der Waals surface area contributed by atoms with Crippen LogP contribution in [0.5, 0.6) is 5.75 Å². The van der Waals surface area contributed by atoms with Gasteiger partial charge in [-0.05, 0) is 65.8 Å². The molecule has 0 saturated heterocycles. The molecule has 0 bridgehead atoms. The summed E-state index contributed by atoms with van der Waals surface area (Å²) >= 11 is 0. The molecule has 0 aromatic heterocycles. The van der Waals surface area contributed by atoms with Gasteiger partial charge >= 0.3 is 5.97 Å². The van der Waals surface area contributed by atoms with Gasteiger partial charge in [0.05, 0.1) is 17.9 Å². The van der Waals surface area contributed by atoms with E-state index >= 15 is 4.39 Å². The standard InChI is InChI=1S/C30H26F3NO3/c1-18(22-11-5-8-19-7-2-3-10-23(19)22)6-4-9-21-17-34(26-16-20(31)12-15-27(26)37-21)25-14-13-24(32)28(29(25)33)30(35)36/h2-3,5,7-8,10-16,18,21H,4,6,9,17H2,1H3,(H,35,36)/t18-,21?/m0/s1. The SMILES string of the molecule is C[C@@H](CCCC1CN(c2ccc(F)c(C(=O)O)c2F)c2cc(F)ccc2O1)c1cccc2ccccc12. The van der Waals surface area contributed by atoms with Crippen LogP contribution in [-0.4, -0.2) is 23.7 Å². The van der Waals surface area contributed by atoms with Crippen molar-refractivity contribution in [3.8, 4) is 5.75 Å². The van der Waals surface area contributed by atoms with Gasteiger partial charge in [0.2, 0.25) is 0 Å². The lowest BCUT2D eigenvalue weighted by molar-refractivity contribution is 0.0686. The molecular formula is C30H26F3NO3. The van der Waals surface area contributed by atoms with Crippen LogP contribution >= 0.6 is 0 Å². The molecule has 7 heteroatoms. The van der Waals surface area contributed by atoms with Gasteiger partial charge in [-0.2, -0.15) is 0 Å². The van der Waals surface area contributed by atoms with E-state index in [1.54, 1.807) is 0 Å². The average Bonchev–Trinajstić information content (AvgIpc) is 2.88. The molecule has 4 nitrogen and oxygen atoms in total. The van der Waals surface area contributed by atoms with Crippen molar-refractivity contribution in [3.05, 3.63) is 101 Å². The maximum Gasteiger partial charge on any atom is 0.341 e. The Morgan fingerprint density at radius 3 is 2.62 bits per heavy atom. The molecule has 5 rings (SSSR count). The van der Waals surface area contributed by atoms with Crippen molar-refractivity contribution in [2.45, 2.75) is 38.2 Å². The summed E-state index contributed by atoms with van der Waals surface area (Å²) in [5, 5.41) is 11.7. The van der Waals surface area contributed by atoms with Crippen LogP contribution in [0.4, 0.5) is 24.5 Å². The van der Waals surface area contributed by atoms with Crippen LogP contribution in [0.1, 0.15) is 48.0 Å². The molecule has 1 heterocycles. The van der Waals surface area contributed by atoms with E-state index in [1.807, 2.05) is 12.1 Å². The predicted molar refractivity (Wildman–Crippen MR) is 137 cm³/mol. The Bertz CT molecular complexity index is 1470. The third kappa shape index (κ3) is 4.86. The molecule has 0 fully saturated rings. The summed E-state index contributed by atoms with van der Waals surface area (Å²) in [6, 6.07) is 20.6. The normalized spacial score (nSPS) is 15.8. The summed E-state index contributed by atoms with van der Waals surface area (Å²) in [7, 11) is 0. The van der Waals surface area contributed by atoms with Crippen LogP contribution in [0.2, 0.25) is 0 Å². The van der Waals surface area contributed by atoms with E-state index in [2.05, 4.69) is 37.3 Å². The summed E-state index contributed by atoms with van der Waals surface area (Å²) < 4.78 is 49.4. The highest BCUT2D eigenvalue weighted by atomic mass is 19.1. The first-order valence-corrected chi connectivity index (χ1v) is 12.3. The summed E-state index contributed by atoms with van der Waals surface area (Å²) in [6.07, 6.45) is 2.02. The van der Waals surface area contributed by atoms with Gasteiger partial charge in [-0.3, -0.25) is 0 Å². The third-order valence-electron chi connectivity index (χ3n) is 6.98. The fourth-order valence-electron chi connectivity index (χ4n) is 5.13. The second kappa shape index (κ2) is 10.2. The van der Waals surface area contributed by atoms with Gasteiger partial charge in [0, 0.05) is 6.07 Å². The minimum absolute atomic E-state index is 0.136. The number of hydrogen-bond acceptors (Lipinski definition) is 3. The highest BCUT2D eigenvalue weighted by Crippen LogP contribution is 2.41. The Morgan fingerprint density at radius 2 is 1.81 bits per heavy atom. The number of carboxylic acid groups (broad SMARTS) is 1. The van der Waals surface area contributed by atoms with Gasteiger partial charge in [0.25, 0.3) is 0 Å². The number of hydrogen-bond donors (Lipinski definition) is 1. The van der Waals surface area contributed by atoms with Crippen molar-refractivity contribution in [1.29, 1.82) is 0 Å². The number of fused-ring (bicyclic) bond motifs is 2. The van der Waals surface area contributed by atoms with Gasteiger partial charge in [-0.1, -0.05) is 49.4 Å². The second-order valence-electron chi connectivity index (χ2n) is 9.42. The maximum atomic E-state index is 15.2. The highest BCUT2D eigenvalue weighted by molar-refractivity contribution is 5.90. The number of nitrogens with zero attached hydrogens (tertiary/aromatic N) is 1. The monoisotopic (exact) mass is 505 g/mol. The predicted octanol–water partition coefficient (Wildman–Crippen LogP) is 7.83. The Labute approximate surface area is 212 Å². The van der Waals surface area contributed by atoms with Gasteiger partial charge in [0.1, 0.15) is 29.1 Å². The van der Waals surface area contributed by atoms with Crippen LogP contribution < -0.4 is 9.64 Å². The number of anilines is 2. The van der Waals surface area contributed by atoms with Crippen LogP contribution in [0.25, 0.3) is 10.8 Å². The summed E-state index contributed by atoms with van der Waals surface area (Å²) in [6.45, 7) is 2.36. The fourth-order valence-corrected chi connectivity index (χ4v) is 5.13. The molecule has 37 heavy (non-hydrogen) atoms. The molecule has 0 saturated carbocycles. The molecule has 0 aliphatic carbocycles. The molecule has 190 valence electrons. The number of halogens is 3. The third-order valence-corrected chi connectivity index (χ3v) is 6.98. The number of ether oxygens (including phenoxy) is 1. The van der Waals surface area contributed by atoms with Crippen molar-refractivity contribution in [3.63, 3.8) is 0 Å². The molecule has 0 spiro atoms. The lowest BCUT2D eigenvalue weighted by atomic mass is 9.90. The van der Waals surface area contributed by atoms with Crippen LogP contribution in [0.15, 0.2) is 72.8 Å². The lowest BCUT2D eigenvalue weighted by Gasteiger charge is -2.37. The smallest absolute Gasteiger partial charge is 0.341 e. The highest BCUT2D eigenvalue weighted by Gasteiger charge is 2.31. The van der Waals surface area contributed by atoms with E-state index in [4.69, 9.17) is 4.74 Å². The zero-order valence-electron chi connectivity index (χ0n) is 20.3. The van der Waals surface area contributed by atoms with Crippen LogP contribution in [0, 0.1) is 17.5 Å². The first kappa shape index (κ1) is 24.7. The van der Waals surface area contributed by atoms with E-state index in [0.29, 0.717) is 18.1 Å². The molecule has 0 amide bonds. The van der Waals surface area contributed by atoms with E-state index in [0.717, 1.165) is 18.9 Å². The van der Waals surface area contributed by atoms with Crippen molar-refractivity contribution < 1.29 is 27.8 Å². The molecule has 2 atom stereocenters. The second-order valence-corrected chi connectivity index (χ2v) is 9.42. The van der Waals surface area contributed by atoms with Crippen molar-refractivity contribution in [1.82, 2.24) is 0 Å². The number of benzene rings is 4. The molecule has 1 unspecified atom stereocenters. The zero-order chi connectivity index (χ0) is 26.1. The van der Waals surface area contributed by atoms with Crippen LogP contribution in [-0.2, 0) is 0 Å². The Hall–Kier alpha value is -4.00. The average molecular weight is 506 g/mol. The Morgan fingerprint density at radius 1 is 1.03 bits per heavy atom. The topological polar surface area (TPSA) is 49.8 Å². The largest absolute Gasteiger partial charge is 0.486 e. The van der Waals surface area contributed by atoms with Gasteiger partial charge in [0.15, 0.2) is 5.82 Å². The van der Waals surface area contributed by atoms with Crippen molar-refractivity contribution >= 4 is 28.1 Å². The molecule has 4 aromatic rings. The quantitative estimate of drug-likeness (QED) is 0.278. The Kier molecular flexibility index (Phi) is 6.78. The van der Waals surface area contributed by atoms with Crippen molar-refractivity contribution in [2.24, 2.45) is 0 Å². The maximum absolute atomic E-state index is 15.2. The molecule has 1 N–H and O–H groups in total. The van der Waals surface area contributed by atoms with E-state index in [1.165, 1.54) is 45.5 Å². The van der Waals surface area contributed by atoms with Gasteiger partial charge in [-0.25, -0.2) is 18.0 Å². The minimum Gasteiger partial charge on any atom is -0.486 e. The van der Waals surface area contributed by atoms with Gasteiger partial charge in [-0.15, -0.1) is 0 Å². The molecule has 1 aliphatic rings. The Balaban J connectivity index is 1.36. The zero-order valence-corrected chi connectivity index (χ0v) is 20.3. The summed E-state index contributed by atoms with van der Waals surface area (Å²) in [5.74, 6) is -3.95. The molecule has 0 radical (unpaired) electrons. The molecular weight excluding hydrogens is 479 g/mol. The minimum atomic E-state index is -1.71. The van der Waals surface area contributed by atoms with E-state index < -0.39 is 29.0 Å². The van der Waals surface area contributed by atoms with Crippen molar-refractivity contribution in [2.75, 3.05) is 11.4 Å². The summed E-state index contributed by atoms with van der Waals surface area (Å²) in [4.78, 5) is 12.9. The summed E-state index contributed by atoms with van der Waals surface area (Å²) in [5.41, 5.74) is 0.368. The number of rotatable bonds is 7. The number of carboxylic acids is 1. The first-order chi connectivity index (χ1) is 17.8. The lowest BCUT2D eigenvalue weighted by Crippen LogP contribution is -2.38. The number of aromatic carboxylic acids is 1. The fraction of sp³-hybridized carbons (Fsp3) is 0.233.